The quantitative estimate of drug-likeness (QED) is 0.449. The number of likely N-dealkylation sites (tertiary alicyclic amines) is 1. The van der Waals surface area contributed by atoms with Gasteiger partial charge in [-0.25, -0.2) is 9.98 Å². The molecule has 1 aromatic rings. The van der Waals surface area contributed by atoms with Crippen LogP contribution in [0.2, 0.25) is 0 Å². The number of halogens is 3. The summed E-state index contributed by atoms with van der Waals surface area (Å²) >= 11 is 0. The molecule has 1 saturated carbocycles. The second-order valence-electron chi connectivity index (χ2n) is 8.77. The lowest BCUT2D eigenvalue weighted by Crippen LogP contribution is -2.54. The molecule has 30 heavy (non-hydrogen) atoms. The molecule has 1 atom stereocenters. The molecule has 3 aliphatic rings. The lowest BCUT2D eigenvalue weighted by molar-refractivity contribution is 0.0204. The van der Waals surface area contributed by atoms with Gasteiger partial charge in [-0.2, -0.15) is 13.2 Å². The molecule has 1 aromatic heterocycles. The fraction of sp³-hybridized carbons (Fsp3) is 0.619. The second kappa shape index (κ2) is 8.55. The highest BCUT2D eigenvalue weighted by Gasteiger charge is 2.48. The molecular weight excluding hydrogens is 393 g/mol. The average molecular weight is 422 g/mol. The normalized spacial score (nSPS) is 25.6. The molecule has 1 unspecified atom stereocenters. The number of nitrogens with two attached hydrogens (primary N) is 1. The largest absolute Gasteiger partial charge is 0.404 e. The van der Waals surface area contributed by atoms with Gasteiger partial charge in [-0.05, 0) is 43.9 Å². The Hall–Kier alpha value is -2.13. The van der Waals surface area contributed by atoms with Crippen LogP contribution < -0.4 is 10.6 Å². The van der Waals surface area contributed by atoms with Gasteiger partial charge in [-0.15, -0.1) is 0 Å². The minimum absolute atomic E-state index is 0.298. The van der Waals surface area contributed by atoms with Crippen molar-refractivity contribution in [1.29, 1.82) is 0 Å². The highest BCUT2D eigenvalue weighted by Crippen LogP contribution is 2.46. The Bertz CT molecular complexity index is 813. The smallest absolute Gasteiger partial charge is 0.331 e. The van der Waals surface area contributed by atoms with E-state index in [-0.39, 0.29) is 0 Å². The Morgan fingerprint density at radius 3 is 2.63 bits per heavy atom. The monoisotopic (exact) mass is 422 g/mol. The van der Waals surface area contributed by atoms with Crippen molar-refractivity contribution in [3.05, 3.63) is 29.8 Å². The molecule has 2 aliphatic heterocycles. The Balaban J connectivity index is 1.44. The average Bonchev–Trinajstić information content (AvgIpc) is 3.14. The molecular formula is C21H29F3N6. The van der Waals surface area contributed by atoms with Crippen molar-refractivity contribution >= 4 is 17.6 Å². The maximum atomic E-state index is 13.9. The van der Waals surface area contributed by atoms with Crippen molar-refractivity contribution < 1.29 is 13.2 Å². The van der Waals surface area contributed by atoms with E-state index in [1.54, 1.807) is 0 Å². The molecule has 9 heteroatoms. The predicted molar refractivity (Wildman–Crippen MR) is 112 cm³/mol. The first-order valence-corrected chi connectivity index (χ1v) is 10.5. The van der Waals surface area contributed by atoms with Crippen molar-refractivity contribution in [3.8, 4) is 0 Å². The number of hydrogen-bond acceptors (Lipinski definition) is 6. The maximum Gasteiger partial charge on any atom is 0.331 e. The van der Waals surface area contributed by atoms with Crippen molar-refractivity contribution in [3.63, 3.8) is 0 Å². The van der Waals surface area contributed by atoms with Gasteiger partial charge >= 0.3 is 6.55 Å². The van der Waals surface area contributed by atoms with Crippen molar-refractivity contribution in [1.82, 2.24) is 14.8 Å². The Morgan fingerprint density at radius 2 is 2.00 bits per heavy atom. The van der Waals surface area contributed by atoms with Gasteiger partial charge < -0.3 is 15.5 Å². The van der Waals surface area contributed by atoms with E-state index >= 15 is 0 Å². The van der Waals surface area contributed by atoms with Crippen molar-refractivity contribution in [2.24, 2.45) is 16.1 Å². The van der Waals surface area contributed by atoms with Gasteiger partial charge in [-0.1, -0.05) is 0 Å². The van der Waals surface area contributed by atoms with Gasteiger partial charge in [0.25, 0.3) is 0 Å². The molecule has 1 aliphatic carbocycles. The minimum Gasteiger partial charge on any atom is -0.404 e. The Labute approximate surface area is 175 Å². The number of aromatic nitrogens is 1. The lowest BCUT2D eigenvalue weighted by atomic mass is 9.78. The molecule has 3 fully saturated rings. The molecule has 164 valence electrons. The first kappa shape index (κ1) is 21.1. The summed E-state index contributed by atoms with van der Waals surface area (Å²) in [6, 6.07) is 3.34. The van der Waals surface area contributed by atoms with Gasteiger partial charge in [-0.3, -0.25) is 4.90 Å². The Kier molecular flexibility index (Phi) is 6.02. The zero-order valence-corrected chi connectivity index (χ0v) is 17.3. The van der Waals surface area contributed by atoms with Crippen molar-refractivity contribution in [2.45, 2.75) is 31.9 Å². The van der Waals surface area contributed by atoms with E-state index in [0.29, 0.717) is 41.5 Å². The van der Waals surface area contributed by atoms with Crippen LogP contribution in [0.1, 0.15) is 24.8 Å². The number of alkyl halides is 2. The highest BCUT2D eigenvalue weighted by atomic mass is 19.3. The zero-order chi connectivity index (χ0) is 21.3. The topological polar surface area (TPSA) is 61.0 Å². The highest BCUT2D eigenvalue weighted by molar-refractivity contribution is 6.11. The van der Waals surface area contributed by atoms with Crippen LogP contribution in [0.25, 0.3) is 5.57 Å². The number of rotatable bonds is 5. The summed E-state index contributed by atoms with van der Waals surface area (Å²) in [5.74, 6) is -0.180. The van der Waals surface area contributed by atoms with E-state index in [9.17, 15) is 13.2 Å². The number of nitrogens with zero attached hydrogens (tertiary/aromatic N) is 5. The standard InChI is InChI=1S/C21H29F3N6/c1-28-13-21(14-28)5-4-16(10-21)29-6-8-30(9-7-29)19-17(2-3-18(22)27-19)15(11-25)12-26-20(23)24/h2-3,11-12,16,20H,4-10,13-14,25H2,1H3/b15-11+,26-12+. The third kappa shape index (κ3) is 4.32. The summed E-state index contributed by atoms with van der Waals surface area (Å²) in [7, 11) is 2.18. The maximum absolute atomic E-state index is 13.9. The van der Waals surface area contributed by atoms with Gasteiger partial charge in [0.05, 0.1) is 0 Å². The molecule has 6 nitrogen and oxygen atoms in total. The van der Waals surface area contributed by atoms with Crippen LogP contribution in [-0.4, -0.2) is 79.9 Å². The SMILES string of the molecule is CN1CC2(CCC(N3CCN(c4nc(F)ccc4C(=C/N)/C=N/C(F)F)CC3)C2)C1. The lowest BCUT2D eigenvalue weighted by Gasteiger charge is -2.47. The molecule has 2 saturated heterocycles. The van der Waals surface area contributed by atoms with Crippen LogP contribution in [-0.2, 0) is 0 Å². The predicted octanol–water partition coefficient (Wildman–Crippen LogP) is 2.42. The molecule has 3 heterocycles. The van der Waals surface area contributed by atoms with E-state index < -0.39 is 12.5 Å². The van der Waals surface area contributed by atoms with Crippen LogP contribution in [0, 0.1) is 11.4 Å². The zero-order valence-electron chi connectivity index (χ0n) is 17.3. The summed E-state index contributed by atoms with van der Waals surface area (Å²) < 4.78 is 38.9. The molecule has 0 radical (unpaired) electrons. The number of piperazine rings is 1. The molecule has 2 N–H and O–H groups in total. The molecule has 1 spiro atoms. The third-order valence-electron chi connectivity index (χ3n) is 6.68. The Morgan fingerprint density at radius 1 is 1.27 bits per heavy atom. The van der Waals surface area contributed by atoms with E-state index in [4.69, 9.17) is 5.73 Å². The van der Waals surface area contributed by atoms with Crippen LogP contribution >= 0.6 is 0 Å². The summed E-state index contributed by atoms with van der Waals surface area (Å²) in [6.45, 7) is 2.74. The second-order valence-corrected chi connectivity index (χ2v) is 8.77. The van der Waals surface area contributed by atoms with Crippen molar-refractivity contribution in [2.75, 3.05) is 51.2 Å². The van der Waals surface area contributed by atoms with Crippen LogP contribution in [0.3, 0.4) is 0 Å². The van der Waals surface area contributed by atoms with E-state index in [1.807, 2.05) is 4.90 Å². The van der Waals surface area contributed by atoms with E-state index in [0.717, 1.165) is 19.3 Å². The van der Waals surface area contributed by atoms with E-state index in [1.165, 1.54) is 50.7 Å². The van der Waals surface area contributed by atoms with Gasteiger partial charge in [0, 0.05) is 68.9 Å². The molecule has 0 amide bonds. The van der Waals surface area contributed by atoms with Crippen LogP contribution in [0.5, 0.6) is 0 Å². The number of allylic oxidation sites excluding steroid dienone is 1. The summed E-state index contributed by atoms with van der Waals surface area (Å²) in [6.07, 6.45) is 6.01. The van der Waals surface area contributed by atoms with Gasteiger partial charge in [0.2, 0.25) is 5.95 Å². The van der Waals surface area contributed by atoms with Crippen LogP contribution in [0.15, 0.2) is 23.3 Å². The number of aliphatic imine (C=N–C) groups is 1. The van der Waals surface area contributed by atoms with Crippen LogP contribution in [0.4, 0.5) is 19.0 Å². The summed E-state index contributed by atoms with van der Waals surface area (Å²) in [5.41, 5.74) is 6.96. The fourth-order valence-corrected chi connectivity index (χ4v) is 5.40. The summed E-state index contributed by atoms with van der Waals surface area (Å²) in [5, 5.41) is 0. The molecule has 0 bridgehead atoms. The molecule has 0 aromatic carbocycles. The number of anilines is 1. The van der Waals surface area contributed by atoms with E-state index in [2.05, 4.69) is 26.8 Å². The minimum atomic E-state index is -2.83. The number of hydrogen-bond donors (Lipinski definition) is 1. The molecule has 4 rings (SSSR count). The first-order valence-electron chi connectivity index (χ1n) is 10.5. The summed E-state index contributed by atoms with van der Waals surface area (Å²) in [4.78, 5) is 14.1. The van der Waals surface area contributed by atoms with Gasteiger partial charge in [0.1, 0.15) is 5.82 Å². The first-order chi connectivity index (χ1) is 14.4. The third-order valence-corrected chi connectivity index (χ3v) is 6.68. The van der Waals surface area contributed by atoms with Gasteiger partial charge in [0.15, 0.2) is 0 Å². The fourth-order valence-electron chi connectivity index (χ4n) is 5.40. The number of pyridine rings is 1.